The van der Waals surface area contributed by atoms with Gasteiger partial charge in [0, 0.05) is 38.8 Å². The zero-order valence-corrected chi connectivity index (χ0v) is 15.4. The Balaban J connectivity index is 1.56. The fraction of sp³-hybridized carbons (Fsp3) is 0.650. The first-order chi connectivity index (χ1) is 12.2. The number of amides is 2. The molecule has 1 aromatic carbocycles. The van der Waals surface area contributed by atoms with Gasteiger partial charge in [0.25, 0.3) is 0 Å². The Hall–Kier alpha value is -1.59. The second-order valence-corrected chi connectivity index (χ2v) is 7.46. The number of carbonyl (C=O) groups is 1. The Bertz CT molecular complexity index is 522. The Morgan fingerprint density at radius 3 is 2.44 bits per heavy atom. The molecule has 2 fully saturated rings. The average Bonchev–Trinajstić information content (AvgIpc) is 2.65. The van der Waals surface area contributed by atoms with Gasteiger partial charge in [-0.25, -0.2) is 4.79 Å². The predicted molar refractivity (Wildman–Crippen MR) is 102 cm³/mol. The molecule has 0 aromatic heterocycles. The van der Waals surface area contributed by atoms with Gasteiger partial charge in [0.15, 0.2) is 0 Å². The fourth-order valence-electron chi connectivity index (χ4n) is 3.94. The van der Waals surface area contributed by atoms with Crippen LogP contribution in [0.1, 0.15) is 43.7 Å². The van der Waals surface area contributed by atoms with E-state index in [0.29, 0.717) is 12.6 Å². The summed E-state index contributed by atoms with van der Waals surface area (Å²) in [5, 5.41) is 6.29. The number of nitrogens with one attached hydrogen (secondary N) is 2. The smallest absolute Gasteiger partial charge is 0.315 e. The summed E-state index contributed by atoms with van der Waals surface area (Å²) in [5.41, 5.74) is 1.28. The van der Waals surface area contributed by atoms with Crippen molar-refractivity contribution in [1.29, 1.82) is 0 Å². The molecule has 5 nitrogen and oxygen atoms in total. The minimum absolute atomic E-state index is 0.0121. The molecule has 1 unspecified atom stereocenters. The summed E-state index contributed by atoms with van der Waals surface area (Å²) in [4.78, 5) is 17.2. The minimum atomic E-state index is -0.0121. The number of nitrogens with zero attached hydrogens (tertiary/aromatic N) is 2. The van der Waals surface area contributed by atoms with Crippen molar-refractivity contribution in [1.82, 2.24) is 20.4 Å². The predicted octanol–water partition coefficient (Wildman–Crippen LogP) is 2.61. The molecule has 0 radical (unpaired) electrons. The number of benzene rings is 1. The Morgan fingerprint density at radius 2 is 1.76 bits per heavy atom. The van der Waals surface area contributed by atoms with Gasteiger partial charge in [-0.1, -0.05) is 49.6 Å². The molecule has 1 saturated carbocycles. The van der Waals surface area contributed by atoms with Crippen LogP contribution in [0.4, 0.5) is 4.79 Å². The Morgan fingerprint density at radius 1 is 1.08 bits per heavy atom. The van der Waals surface area contributed by atoms with Crippen molar-refractivity contribution in [2.75, 3.05) is 39.8 Å². The summed E-state index contributed by atoms with van der Waals surface area (Å²) in [6.07, 6.45) is 6.01. The number of rotatable bonds is 5. The number of hydrogen-bond donors (Lipinski definition) is 2. The summed E-state index contributed by atoms with van der Waals surface area (Å²) in [7, 11) is 2.17. The van der Waals surface area contributed by atoms with E-state index >= 15 is 0 Å². The number of urea groups is 1. The maximum Gasteiger partial charge on any atom is 0.315 e. The molecule has 3 rings (SSSR count). The van der Waals surface area contributed by atoms with Gasteiger partial charge in [0.1, 0.15) is 0 Å². The van der Waals surface area contributed by atoms with Gasteiger partial charge in [0.05, 0.1) is 6.04 Å². The molecule has 1 saturated heterocycles. The van der Waals surface area contributed by atoms with E-state index in [1.807, 2.05) is 6.07 Å². The van der Waals surface area contributed by atoms with Gasteiger partial charge in [-0.3, -0.25) is 4.90 Å². The van der Waals surface area contributed by atoms with Gasteiger partial charge in [-0.15, -0.1) is 0 Å². The van der Waals surface area contributed by atoms with E-state index in [1.165, 1.54) is 24.8 Å². The molecule has 2 N–H and O–H groups in total. The van der Waals surface area contributed by atoms with Crippen molar-refractivity contribution >= 4 is 6.03 Å². The second-order valence-electron chi connectivity index (χ2n) is 7.46. The van der Waals surface area contributed by atoms with Crippen molar-refractivity contribution in [3.05, 3.63) is 35.9 Å². The van der Waals surface area contributed by atoms with Gasteiger partial charge in [0.2, 0.25) is 0 Å². The fourth-order valence-corrected chi connectivity index (χ4v) is 3.94. The summed E-state index contributed by atoms with van der Waals surface area (Å²) in [6.45, 7) is 4.91. The van der Waals surface area contributed by atoms with Gasteiger partial charge >= 0.3 is 6.03 Å². The van der Waals surface area contributed by atoms with E-state index in [9.17, 15) is 4.79 Å². The molecule has 2 aliphatic rings. The largest absolute Gasteiger partial charge is 0.336 e. The standard InChI is InChI=1S/C20H32N4O/c1-23-12-14-24(15-13-23)19(17-8-4-2-5-9-17)16-21-20(25)22-18-10-6-3-7-11-18/h2,4-5,8-9,18-19H,3,6-7,10-16H2,1H3,(H2,21,22,25). The molecule has 25 heavy (non-hydrogen) atoms. The van der Waals surface area contributed by atoms with Gasteiger partial charge in [-0.2, -0.15) is 0 Å². The lowest BCUT2D eigenvalue weighted by molar-refractivity contribution is 0.111. The number of piperazine rings is 1. The van der Waals surface area contributed by atoms with Crippen molar-refractivity contribution in [3.8, 4) is 0 Å². The van der Waals surface area contributed by atoms with Crippen LogP contribution in [0.25, 0.3) is 0 Å². The third-order valence-electron chi connectivity index (χ3n) is 5.56. The SMILES string of the molecule is CN1CCN(C(CNC(=O)NC2CCCCC2)c2ccccc2)CC1. The van der Waals surface area contributed by atoms with E-state index in [0.717, 1.165) is 39.0 Å². The number of likely N-dealkylation sites (N-methyl/N-ethyl adjacent to an activating group) is 1. The molecule has 0 bridgehead atoms. The number of hydrogen-bond acceptors (Lipinski definition) is 3. The molecular formula is C20H32N4O. The van der Waals surface area contributed by atoms with Crippen molar-refractivity contribution in [2.24, 2.45) is 0 Å². The molecule has 1 aromatic rings. The highest BCUT2D eigenvalue weighted by Gasteiger charge is 2.24. The van der Waals surface area contributed by atoms with Crippen molar-refractivity contribution in [2.45, 2.75) is 44.2 Å². The summed E-state index contributed by atoms with van der Waals surface area (Å²) in [6, 6.07) is 11.1. The lowest BCUT2D eigenvalue weighted by atomic mass is 9.96. The summed E-state index contributed by atoms with van der Waals surface area (Å²) >= 11 is 0. The first kappa shape index (κ1) is 18.2. The third kappa shape index (κ3) is 5.44. The zero-order valence-electron chi connectivity index (χ0n) is 15.4. The highest BCUT2D eigenvalue weighted by atomic mass is 16.2. The van der Waals surface area contributed by atoms with Crippen LogP contribution >= 0.6 is 0 Å². The monoisotopic (exact) mass is 344 g/mol. The highest BCUT2D eigenvalue weighted by molar-refractivity contribution is 5.74. The molecule has 0 spiro atoms. The van der Waals surface area contributed by atoms with Gasteiger partial charge in [-0.05, 0) is 25.5 Å². The molecule has 1 aliphatic carbocycles. The van der Waals surface area contributed by atoms with E-state index in [1.54, 1.807) is 0 Å². The molecule has 2 amide bonds. The molecule has 1 aliphatic heterocycles. The molecule has 1 heterocycles. The van der Waals surface area contributed by atoms with Crippen LogP contribution in [0.5, 0.6) is 0 Å². The van der Waals surface area contributed by atoms with Crippen molar-refractivity contribution in [3.63, 3.8) is 0 Å². The van der Waals surface area contributed by atoms with E-state index in [4.69, 9.17) is 0 Å². The normalized spacial score (nSPS) is 21.6. The lowest BCUT2D eigenvalue weighted by Crippen LogP contribution is -2.50. The highest BCUT2D eigenvalue weighted by Crippen LogP contribution is 2.21. The topological polar surface area (TPSA) is 47.6 Å². The van der Waals surface area contributed by atoms with Crippen LogP contribution in [0.3, 0.4) is 0 Å². The van der Waals surface area contributed by atoms with Crippen LogP contribution in [-0.4, -0.2) is 61.6 Å². The van der Waals surface area contributed by atoms with Crippen LogP contribution in [0.2, 0.25) is 0 Å². The minimum Gasteiger partial charge on any atom is -0.336 e. The van der Waals surface area contributed by atoms with Crippen LogP contribution < -0.4 is 10.6 Å². The first-order valence-electron chi connectivity index (χ1n) is 9.74. The first-order valence-corrected chi connectivity index (χ1v) is 9.74. The lowest BCUT2D eigenvalue weighted by Gasteiger charge is -2.38. The van der Waals surface area contributed by atoms with E-state index < -0.39 is 0 Å². The molecular weight excluding hydrogens is 312 g/mol. The number of carbonyl (C=O) groups excluding carboxylic acids is 1. The molecule has 5 heteroatoms. The van der Waals surface area contributed by atoms with Crippen molar-refractivity contribution < 1.29 is 4.79 Å². The third-order valence-corrected chi connectivity index (χ3v) is 5.56. The van der Waals surface area contributed by atoms with E-state index in [-0.39, 0.29) is 12.1 Å². The van der Waals surface area contributed by atoms with E-state index in [2.05, 4.69) is 51.7 Å². The summed E-state index contributed by atoms with van der Waals surface area (Å²) in [5.74, 6) is 0. The average molecular weight is 345 g/mol. The summed E-state index contributed by atoms with van der Waals surface area (Å²) < 4.78 is 0. The Labute approximate surface area is 151 Å². The maximum absolute atomic E-state index is 12.3. The van der Waals surface area contributed by atoms with Crippen LogP contribution in [0.15, 0.2) is 30.3 Å². The Kier molecular flexibility index (Phi) is 6.70. The quantitative estimate of drug-likeness (QED) is 0.863. The molecule has 1 atom stereocenters. The second kappa shape index (κ2) is 9.20. The zero-order chi connectivity index (χ0) is 17.5. The maximum atomic E-state index is 12.3. The van der Waals surface area contributed by atoms with Gasteiger partial charge < -0.3 is 15.5 Å². The van der Waals surface area contributed by atoms with Crippen LogP contribution in [-0.2, 0) is 0 Å². The molecule has 138 valence electrons. The van der Waals surface area contributed by atoms with Crippen LogP contribution in [0, 0.1) is 0 Å².